The van der Waals surface area contributed by atoms with Crippen LogP contribution < -0.4 is 0 Å². The van der Waals surface area contributed by atoms with Gasteiger partial charge in [-0.15, -0.1) is 11.6 Å². The molecule has 31 heavy (non-hydrogen) atoms. The number of carbonyl (C=O) groups excluding carboxylic acids is 3. The topological polar surface area (TPSA) is 69.7 Å². The molecule has 0 spiro atoms. The second-order valence-corrected chi connectivity index (χ2v) is 11.4. The van der Waals surface area contributed by atoms with E-state index in [-0.39, 0.29) is 36.2 Å². The maximum Gasteiger partial charge on any atom is 0.182 e. The number of hydrogen-bond donors (Lipinski definition) is 0. The lowest BCUT2D eigenvalue weighted by Gasteiger charge is -2.60. The van der Waals surface area contributed by atoms with E-state index in [1.54, 1.807) is 19.9 Å². The highest BCUT2D eigenvalue weighted by molar-refractivity contribution is 6.29. The number of allylic oxidation sites excluding steroid dienone is 1. The van der Waals surface area contributed by atoms with Crippen molar-refractivity contribution in [1.82, 2.24) is 0 Å². The average Bonchev–Trinajstić information content (AvgIpc) is 3.09. The minimum atomic E-state index is -2.05. The molecule has 5 rings (SSSR count). The smallest absolute Gasteiger partial charge is 0.182 e. The molecule has 0 aromatic heterocycles. The largest absolute Gasteiger partial charge is 0.344 e. The summed E-state index contributed by atoms with van der Waals surface area (Å²) in [6.45, 7) is 7.22. The van der Waals surface area contributed by atoms with Crippen LogP contribution in [0.15, 0.2) is 11.6 Å². The summed E-state index contributed by atoms with van der Waals surface area (Å²) in [4.78, 5) is 39.0. The van der Waals surface area contributed by atoms with Gasteiger partial charge in [0.1, 0.15) is 0 Å². The summed E-state index contributed by atoms with van der Waals surface area (Å²) in [5, 5.41) is 0. The first-order valence-corrected chi connectivity index (χ1v) is 11.8. The van der Waals surface area contributed by atoms with Gasteiger partial charge in [0, 0.05) is 29.6 Å². The Bertz CT molecular complexity index is 929. The number of Topliss-reactive ketones (excluding diaryl/α,β-unsaturated/α-hetero) is 2. The molecule has 0 N–H and O–H groups in total. The highest BCUT2D eigenvalue weighted by Gasteiger charge is 2.80. The van der Waals surface area contributed by atoms with Crippen LogP contribution in [-0.4, -0.2) is 46.4 Å². The number of carbonyl (C=O) groups is 3. The van der Waals surface area contributed by atoms with Crippen LogP contribution in [0, 0.1) is 22.7 Å². The molecule has 0 radical (unpaired) electrons. The van der Waals surface area contributed by atoms with E-state index in [0.717, 1.165) is 5.57 Å². The van der Waals surface area contributed by atoms with Gasteiger partial charge >= 0.3 is 0 Å². The highest BCUT2D eigenvalue weighted by Crippen LogP contribution is 2.71. The molecule has 0 unspecified atom stereocenters. The molecule has 1 saturated heterocycles. The van der Waals surface area contributed by atoms with Crippen LogP contribution in [0.4, 0.5) is 4.39 Å². The van der Waals surface area contributed by atoms with E-state index in [2.05, 4.69) is 0 Å². The Morgan fingerprint density at radius 1 is 1.19 bits per heavy atom. The summed E-state index contributed by atoms with van der Waals surface area (Å²) >= 11 is 6.02. The summed E-state index contributed by atoms with van der Waals surface area (Å²) in [6.07, 6.45) is 3.03. The van der Waals surface area contributed by atoms with Gasteiger partial charge in [-0.1, -0.05) is 19.4 Å². The molecule has 4 fully saturated rings. The van der Waals surface area contributed by atoms with Crippen molar-refractivity contribution in [3.8, 4) is 0 Å². The van der Waals surface area contributed by atoms with Crippen molar-refractivity contribution in [2.24, 2.45) is 22.7 Å². The van der Waals surface area contributed by atoms with Gasteiger partial charge in [0.25, 0.3) is 0 Å². The lowest BCUT2D eigenvalue weighted by molar-refractivity contribution is -0.222. The van der Waals surface area contributed by atoms with E-state index < -0.39 is 45.7 Å². The lowest BCUT2D eigenvalue weighted by Crippen LogP contribution is -2.69. The Labute approximate surface area is 187 Å². The first-order chi connectivity index (χ1) is 14.4. The van der Waals surface area contributed by atoms with Gasteiger partial charge in [0.15, 0.2) is 34.4 Å². The fraction of sp³-hybridized carbons (Fsp3) is 0.792. The van der Waals surface area contributed by atoms with Crippen LogP contribution in [0.1, 0.15) is 66.2 Å². The predicted octanol–water partition coefficient (Wildman–Crippen LogP) is 4.10. The number of ether oxygens (including phenoxy) is 2. The van der Waals surface area contributed by atoms with E-state index in [1.807, 2.05) is 13.8 Å². The number of ketones is 3. The van der Waals surface area contributed by atoms with Gasteiger partial charge in [0.05, 0.1) is 12.0 Å². The molecular weight excluding hydrogens is 423 g/mol. The first kappa shape index (κ1) is 21.7. The molecule has 5 nitrogen and oxygen atoms in total. The van der Waals surface area contributed by atoms with Gasteiger partial charge in [0.2, 0.25) is 0 Å². The Hall–Kier alpha value is -1.11. The van der Waals surface area contributed by atoms with E-state index in [4.69, 9.17) is 21.1 Å². The van der Waals surface area contributed by atoms with E-state index in [9.17, 15) is 14.4 Å². The minimum Gasteiger partial charge on any atom is -0.344 e. The molecule has 7 heteroatoms. The van der Waals surface area contributed by atoms with E-state index >= 15 is 4.39 Å². The third kappa shape index (κ3) is 2.37. The summed E-state index contributed by atoms with van der Waals surface area (Å²) in [5.74, 6) is -2.78. The quantitative estimate of drug-likeness (QED) is 0.590. The molecule has 7 atom stereocenters. The Kier molecular flexibility index (Phi) is 4.39. The summed E-state index contributed by atoms with van der Waals surface area (Å²) in [6, 6.07) is 0. The standard InChI is InChI=1S/C24H30ClFO5/c1-20(2)30-19-10-16-15-6-5-13-9-14(27)7-8-21(13,3)23(15,26)17(28)11-22(16,4)24(19,31-20)18(29)12-25/h9,15-16,19H,5-8,10-12H2,1-4H3/t15-,16-,19+,21-,22-,23-,24+/m0/s1. The minimum absolute atomic E-state index is 0.00807. The van der Waals surface area contributed by atoms with Gasteiger partial charge in [-0.2, -0.15) is 0 Å². The summed E-state index contributed by atoms with van der Waals surface area (Å²) < 4.78 is 29.6. The predicted molar refractivity (Wildman–Crippen MR) is 111 cm³/mol. The van der Waals surface area contributed by atoms with Crippen molar-refractivity contribution in [2.75, 3.05) is 5.88 Å². The monoisotopic (exact) mass is 452 g/mol. The molecule has 4 aliphatic carbocycles. The van der Waals surface area contributed by atoms with E-state index in [0.29, 0.717) is 25.7 Å². The molecule has 0 aromatic rings. The Balaban J connectivity index is 1.64. The van der Waals surface area contributed by atoms with E-state index in [1.165, 1.54) is 0 Å². The SMILES string of the molecule is CC1(C)O[C@@H]2C[C@H]3[C@@H]4CCC5=CC(=O)CC[C@]5(C)[C@@]4(F)C(=O)C[C@]3(C)[C@]2(C(=O)CCl)O1. The van der Waals surface area contributed by atoms with Crippen molar-refractivity contribution in [2.45, 2.75) is 89.4 Å². The maximum atomic E-state index is 17.1. The first-order valence-electron chi connectivity index (χ1n) is 11.3. The Morgan fingerprint density at radius 3 is 2.58 bits per heavy atom. The second-order valence-electron chi connectivity index (χ2n) is 11.1. The van der Waals surface area contributed by atoms with Gasteiger partial charge in [-0.25, -0.2) is 4.39 Å². The van der Waals surface area contributed by atoms with Crippen LogP contribution in [0.5, 0.6) is 0 Å². The third-order valence-electron chi connectivity index (χ3n) is 9.33. The summed E-state index contributed by atoms with van der Waals surface area (Å²) in [7, 11) is 0. The highest BCUT2D eigenvalue weighted by atomic mass is 35.5. The van der Waals surface area contributed by atoms with Crippen molar-refractivity contribution in [3.63, 3.8) is 0 Å². The van der Waals surface area contributed by atoms with Gasteiger partial charge in [-0.05, 0) is 51.5 Å². The lowest BCUT2D eigenvalue weighted by atomic mass is 9.44. The van der Waals surface area contributed by atoms with Crippen LogP contribution in [-0.2, 0) is 23.9 Å². The second kappa shape index (κ2) is 6.27. The molecule has 5 aliphatic rings. The number of alkyl halides is 2. The molecular formula is C24H30ClFO5. The molecule has 0 aromatic carbocycles. The summed E-state index contributed by atoms with van der Waals surface area (Å²) in [5.41, 5.74) is -4.51. The van der Waals surface area contributed by atoms with Crippen LogP contribution in [0.2, 0.25) is 0 Å². The zero-order valence-corrected chi connectivity index (χ0v) is 19.3. The van der Waals surface area contributed by atoms with Crippen LogP contribution in [0.3, 0.4) is 0 Å². The number of hydrogen-bond acceptors (Lipinski definition) is 5. The molecule has 0 bridgehead atoms. The molecule has 1 aliphatic heterocycles. The normalized spacial score (nSPS) is 50.3. The van der Waals surface area contributed by atoms with Crippen LogP contribution in [0.25, 0.3) is 0 Å². The van der Waals surface area contributed by atoms with Crippen molar-refractivity contribution in [3.05, 3.63) is 11.6 Å². The van der Waals surface area contributed by atoms with Crippen molar-refractivity contribution >= 4 is 29.0 Å². The fourth-order valence-electron chi connectivity index (χ4n) is 7.99. The number of fused-ring (bicyclic) bond motifs is 7. The third-order valence-corrected chi connectivity index (χ3v) is 9.57. The van der Waals surface area contributed by atoms with Gasteiger partial charge < -0.3 is 9.47 Å². The molecule has 170 valence electrons. The fourth-order valence-corrected chi connectivity index (χ4v) is 8.19. The zero-order valence-electron chi connectivity index (χ0n) is 18.6. The number of halogens is 2. The van der Waals surface area contributed by atoms with Crippen LogP contribution >= 0.6 is 11.6 Å². The maximum absolute atomic E-state index is 17.1. The zero-order chi connectivity index (χ0) is 22.6. The van der Waals surface area contributed by atoms with Gasteiger partial charge in [-0.3, -0.25) is 14.4 Å². The Morgan fingerprint density at radius 2 is 1.90 bits per heavy atom. The van der Waals surface area contributed by atoms with Crippen molar-refractivity contribution in [1.29, 1.82) is 0 Å². The van der Waals surface area contributed by atoms with Crippen molar-refractivity contribution < 1.29 is 28.2 Å². The molecule has 0 amide bonds. The molecule has 1 heterocycles. The number of rotatable bonds is 2. The molecule has 3 saturated carbocycles. The average molecular weight is 453 g/mol.